The van der Waals surface area contributed by atoms with E-state index in [1.54, 1.807) is 25.3 Å². The van der Waals surface area contributed by atoms with Gasteiger partial charge in [-0.1, -0.05) is 30.4 Å². The summed E-state index contributed by atoms with van der Waals surface area (Å²) in [6.45, 7) is 2.79. The van der Waals surface area contributed by atoms with Crippen LogP contribution >= 0.6 is 11.6 Å². The van der Waals surface area contributed by atoms with Crippen LogP contribution in [0, 0.1) is 17.8 Å². The van der Waals surface area contributed by atoms with Crippen LogP contribution in [0.15, 0.2) is 18.2 Å². The molecule has 0 radical (unpaired) electrons. The van der Waals surface area contributed by atoms with Gasteiger partial charge < -0.3 is 15.8 Å². The minimum absolute atomic E-state index is 0.0969. The van der Waals surface area contributed by atoms with E-state index in [4.69, 9.17) is 22.1 Å². The highest BCUT2D eigenvalue weighted by Gasteiger charge is 2.11. The van der Waals surface area contributed by atoms with Crippen molar-refractivity contribution in [3.05, 3.63) is 28.8 Å². The number of nitrogens with two attached hydrogens (primary N) is 1. The van der Waals surface area contributed by atoms with Crippen LogP contribution < -0.4 is 11.1 Å². The molecular weight excluding hydrogens is 276 g/mol. The molecule has 1 aromatic carbocycles. The second-order valence-electron chi connectivity index (χ2n) is 4.51. The first-order chi connectivity index (χ1) is 9.56. The summed E-state index contributed by atoms with van der Waals surface area (Å²) in [5, 5.41) is 3.27. The van der Waals surface area contributed by atoms with E-state index in [9.17, 15) is 4.79 Å². The SMILES string of the molecule is COCC(C)CC(=O)Nc1cc(C#CCN)ccc1Cl. The standard InChI is InChI=1S/C15H19ClN2O2/c1-11(10-20-2)8-15(19)18-14-9-12(4-3-7-17)5-6-13(14)16/h5-6,9,11H,7-8,10,17H2,1-2H3,(H,18,19). The number of carbonyl (C=O) groups excluding carboxylic acids is 1. The highest BCUT2D eigenvalue weighted by atomic mass is 35.5. The molecule has 0 aliphatic rings. The first kappa shape index (κ1) is 16.5. The van der Waals surface area contributed by atoms with Crippen LogP contribution in [0.3, 0.4) is 0 Å². The fraction of sp³-hybridized carbons (Fsp3) is 0.400. The van der Waals surface area contributed by atoms with Crippen molar-refractivity contribution in [3.8, 4) is 11.8 Å². The topological polar surface area (TPSA) is 64.3 Å². The Labute approximate surface area is 124 Å². The van der Waals surface area contributed by atoms with Crippen molar-refractivity contribution in [2.45, 2.75) is 13.3 Å². The lowest BCUT2D eigenvalue weighted by molar-refractivity contribution is -0.117. The van der Waals surface area contributed by atoms with Gasteiger partial charge in [0, 0.05) is 25.7 Å². The van der Waals surface area contributed by atoms with Gasteiger partial charge in [-0.25, -0.2) is 0 Å². The highest BCUT2D eigenvalue weighted by molar-refractivity contribution is 6.33. The van der Waals surface area contributed by atoms with Gasteiger partial charge in [0.15, 0.2) is 0 Å². The fourth-order valence-electron chi connectivity index (χ4n) is 1.71. The Morgan fingerprint density at radius 2 is 2.30 bits per heavy atom. The van der Waals surface area contributed by atoms with Gasteiger partial charge in [-0.2, -0.15) is 0 Å². The van der Waals surface area contributed by atoms with E-state index in [1.807, 2.05) is 6.92 Å². The number of rotatable bonds is 5. The third kappa shape index (κ3) is 5.62. The molecule has 108 valence electrons. The maximum absolute atomic E-state index is 11.9. The molecule has 0 aliphatic heterocycles. The number of benzene rings is 1. The van der Waals surface area contributed by atoms with Crippen LogP contribution in [0.25, 0.3) is 0 Å². The minimum Gasteiger partial charge on any atom is -0.384 e. The third-order valence-corrected chi connectivity index (χ3v) is 2.89. The van der Waals surface area contributed by atoms with Crippen molar-refractivity contribution < 1.29 is 9.53 Å². The van der Waals surface area contributed by atoms with Crippen molar-refractivity contribution in [2.75, 3.05) is 25.6 Å². The average Bonchev–Trinajstić information content (AvgIpc) is 2.39. The average molecular weight is 295 g/mol. The van der Waals surface area contributed by atoms with Crippen molar-refractivity contribution in [3.63, 3.8) is 0 Å². The molecule has 1 aromatic rings. The van der Waals surface area contributed by atoms with E-state index in [0.717, 1.165) is 5.56 Å². The Morgan fingerprint density at radius 1 is 1.55 bits per heavy atom. The summed E-state index contributed by atoms with van der Waals surface area (Å²) in [5.41, 5.74) is 6.65. The van der Waals surface area contributed by atoms with Crippen LogP contribution in [-0.2, 0) is 9.53 Å². The van der Waals surface area contributed by atoms with E-state index < -0.39 is 0 Å². The van der Waals surface area contributed by atoms with E-state index in [1.165, 1.54) is 0 Å². The van der Waals surface area contributed by atoms with Gasteiger partial charge in [0.2, 0.25) is 5.91 Å². The predicted octanol–water partition coefficient (Wildman–Crippen LogP) is 2.26. The van der Waals surface area contributed by atoms with Gasteiger partial charge in [-0.3, -0.25) is 4.79 Å². The van der Waals surface area contributed by atoms with E-state index in [2.05, 4.69) is 17.2 Å². The number of carbonyl (C=O) groups is 1. The molecule has 0 aromatic heterocycles. The fourth-order valence-corrected chi connectivity index (χ4v) is 1.88. The monoisotopic (exact) mass is 294 g/mol. The number of halogens is 1. The number of ether oxygens (including phenoxy) is 1. The molecule has 0 saturated carbocycles. The molecule has 4 nitrogen and oxygen atoms in total. The van der Waals surface area contributed by atoms with Gasteiger partial charge in [0.05, 0.1) is 17.3 Å². The molecule has 1 atom stereocenters. The number of nitrogens with one attached hydrogen (secondary N) is 1. The van der Waals surface area contributed by atoms with E-state index >= 15 is 0 Å². The van der Waals surface area contributed by atoms with Crippen LogP contribution in [0.5, 0.6) is 0 Å². The first-order valence-electron chi connectivity index (χ1n) is 6.34. The number of methoxy groups -OCH3 is 1. The minimum atomic E-state index is -0.0969. The van der Waals surface area contributed by atoms with Crippen molar-refractivity contribution in [2.24, 2.45) is 11.7 Å². The zero-order valence-corrected chi connectivity index (χ0v) is 12.5. The zero-order chi connectivity index (χ0) is 15.0. The van der Waals surface area contributed by atoms with Crippen LogP contribution in [0.4, 0.5) is 5.69 Å². The molecule has 20 heavy (non-hydrogen) atoms. The summed E-state index contributed by atoms with van der Waals surface area (Å²) in [6, 6.07) is 5.23. The Bertz CT molecular complexity index is 520. The molecule has 1 amide bonds. The van der Waals surface area contributed by atoms with Crippen molar-refractivity contribution in [1.82, 2.24) is 0 Å². The van der Waals surface area contributed by atoms with Crippen molar-refractivity contribution in [1.29, 1.82) is 0 Å². The summed E-state index contributed by atoms with van der Waals surface area (Å²) >= 11 is 6.06. The van der Waals surface area contributed by atoms with Crippen LogP contribution in [-0.4, -0.2) is 26.2 Å². The van der Waals surface area contributed by atoms with Gasteiger partial charge in [0.25, 0.3) is 0 Å². The highest BCUT2D eigenvalue weighted by Crippen LogP contribution is 2.23. The second kappa shape index (κ2) is 8.60. The molecule has 0 aliphatic carbocycles. The number of anilines is 1. The number of hydrogen-bond donors (Lipinski definition) is 2. The smallest absolute Gasteiger partial charge is 0.224 e. The summed E-state index contributed by atoms with van der Waals surface area (Å²) in [6.07, 6.45) is 0.378. The Balaban J connectivity index is 2.73. The molecule has 5 heteroatoms. The largest absolute Gasteiger partial charge is 0.384 e. The van der Waals surface area contributed by atoms with E-state index in [0.29, 0.717) is 30.3 Å². The molecule has 0 heterocycles. The third-order valence-electron chi connectivity index (χ3n) is 2.56. The molecule has 0 spiro atoms. The second-order valence-corrected chi connectivity index (χ2v) is 4.92. The molecule has 0 bridgehead atoms. The lowest BCUT2D eigenvalue weighted by Gasteiger charge is -2.11. The summed E-state index contributed by atoms with van der Waals surface area (Å²) < 4.78 is 5.01. The lowest BCUT2D eigenvalue weighted by Crippen LogP contribution is -2.17. The number of amides is 1. The first-order valence-corrected chi connectivity index (χ1v) is 6.72. The van der Waals surface area contributed by atoms with Gasteiger partial charge in [-0.05, 0) is 24.1 Å². The van der Waals surface area contributed by atoms with Gasteiger partial charge in [0.1, 0.15) is 0 Å². The molecular formula is C15H19ClN2O2. The maximum atomic E-state index is 11.9. The van der Waals surface area contributed by atoms with Crippen LogP contribution in [0.2, 0.25) is 5.02 Å². The summed E-state index contributed by atoms with van der Waals surface area (Å²) in [4.78, 5) is 11.9. The molecule has 0 saturated heterocycles. The van der Waals surface area contributed by atoms with Gasteiger partial charge in [-0.15, -0.1) is 0 Å². The Hall–Kier alpha value is -1.54. The molecule has 1 rings (SSSR count). The number of hydrogen-bond acceptors (Lipinski definition) is 3. The quantitative estimate of drug-likeness (QED) is 0.819. The predicted molar refractivity (Wildman–Crippen MR) is 81.7 cm³/mol. The normalized spacial score (nSPS) is 11.4. The van der Waals surface area contributed by atoms with E-state index in [-0.39, 0.29) is 11.8 Å². The maximum Gasteiger partial charge on any atom is 0.224 e. The van der Waals surface area contributed by atoms with Crippen molar-refractivity contribution >= 4 is 23.2 Å². The lowest BCUT2D eigenvalue weighted by atomic mass is 10.1. The zero-order valence-electron chi connectivity index (χ0n) is 11.7. The summed E-state index contributed by atoms with van der Waals surface area (Å²) in [5.74, 6) is 5.72. The van der Waals surface area contributed by atoms with Crippen LogP contribution in [0.1, 0.15) is 18.9 Å². The molecule has 1 unspecified atom stereocenters. The van der Waals surface area contributed by atoms with Gasteiger partial charge >= 0.3 is 0 Å². The summed E-state index contributed by atoms with van der Waals surface area (Å²) in [7, 11) is 1.62. The molecule has 0 fully saturated rings. The molecule has 3 N–H and O–H groups in total. The Morgan fingerprint density at radius 3 is 2.95 bits per heavy atom. The Kier molecular flexibility index (Phi) is 7.10.